The maximum Gasteiger partial charge on any atom is 0.258 e. The van der Waals surface area contributed by atoms with Crippen molar-refractivity contribution in [3.05, 3.63) is 34.9 Å². The summed E-state index contributed by atoms with van der Waals surface area (Å²) in [6, 6.07) is 6.96. The van der Waals surface area contributed by atoms with Crippen LogP contribution >= 0.6 is 23.8 Å². The number of hydrogen-bond acceptors (Lipinski definition) is 2. The summed E-state index contributed by atoms with van der Waals surface area (Å²) < 4.78 is 0. The Balaban J connectivity index is 1.99. The zero-order valence-corrected chi connectivity index (χ0v) is 11.6. The molecule has 1 aliphatic rings. The van der Waals surface area contributed by atoms with E-state index in [9.17, 15) is 4.79 Å². The Bertz CT molecular complexity index is 458. The fraction of sp³-hybridized carbons (Fsp3) is 0.385. The molecule has 1 fully saturated rings. The number of nitrogens with zero attached hydrogens (tertiary/aromatic N) is 1. The third-order valence-electron chi connectivity index (χ3n) is 2.98. The molecule has 1 amide bonds. The first-order chi connectivity index (χ1) is 8.68. The van der Waals surface area contributed by atoms with Gasteiger partial charge in [-0.3, -0.25) is 10.1 Å². The molecule has 0 aromatic heterocycles. The first kappa shape index (κ1) is 13.3. The van der Waals surface area contributed by atoms with E-state index >= 15 is 0 Å². The molecule has 96 valence electrons. The van der Waals surface area contributed by atoms with Crippen LogP contribution in [0.4, 0.5) is 0 Å². The number of benzene rings is 1. The normalized spacial score (nSPS) is 15.3. The van der Waals surface area contributed by atoms with Crippen LogP contribution in [0.15, 0.2) is 24.3 Å². The van der Waals surface area contributed by atoms with Gasteiger partial charge in [0.05, 0.1) is 10.6 Å². The van der Waals surface area contributed by atoms with Gasteiger partial charge in [-0.05, 0) is 43.6 Å². The molecule has 0 saturated carbocycles. The Morgan fingerprint density at radius 1 is 1.22 bits per heavy atom. The molecule has 18 heavy (non-hydrogen) atoms. The van der Waals surface area contributed by atoms with Gasteiger partial charge in [0, 0.05) is 13.1 Å². The van der Waals surface area contributed by atoms with Gasteiger partial charge in [0.15, 0.2) is 5.11 Å². The molecule has 0 aliphatic carbocycles. The Labute approximate surface area is 117 Å². The molecule has 1 heterocycles. The minimum Gasteiger partial charge on any atom is -0.349 e. The first-order valence-electron chi connectivity index (χ1n) is 6.03. The molecular formula is C13H15ClN2OS. The molecule has 1 aliphatic heterocycles. The average Bonchev–Trinajstić information content (AvgIpc) is 2.40. The van der Waals surface area contributed by atoms with E-state index in [1.807, 2.05) is 4.90 Å². The smallest absolute Gasteiger partial charge is 0.258 e. The second-order valence-electron chi connectivity index (χ2n) is 4.29. The maximum atomic E-state index is 12.0. The second-order valence-corrected chi connectivity index (χ2v) is 5.08. The number of hydrogen-bond donors (Lipinski definition) is 1. The zero-order valence-electron chi connectivity index (χ0n) is 9.99. The quantitative estimate of drug-likeness (QED) is 0.804. The molecule has 3 nitrogen and oxygen atoms in total. The van der Waals surface area contributed by atoms with Gasteiger partial charge in [-0.1, -0.05) is 23.7 Å². The van der Waals surface area contributed by atoms with E-state index in [2.05, 4.69) is 5.32 Å². The monoisotopic (exact) mass is 282 g/mol. The van der Waals surface area contributed by atoms with Crippen LogP contribution in [0.1, 0.15) is 29.6 Å². The van der Waals surface area contributed by atoms with Gasteiger partial charge in [-0.25, -0.2) is 0 Å². The standard InChI is InChI=1S/C13H15ClN2OS/c14-11-7-3-2-6-10(11)12(17)15-13(18)16-8-4-1-5-9-16/h2-3,6-7H,1,4-5,8-9H2,(H,15,17,18). The van der Waals surface area contributed by atoms with Gasteiger partial charge in [0.1, 0.15) is 0 Å². The molecular weight excluding hydrogens is 268 g/mol. The largest absolute Gasteiger partial charge is 0.349 e. The van der Waals surface area contributed by atoms with Crippen molar-refractivity contribution in [3.63, 3.8) is 0 Å². The third kappa shape index (κ3) is 3.21. The Kier molecular flexibility index (Phi) is 4.55. The van der Waals surface area contributed by atoms with Crippen molar-refractivity contribution >= 4 is 34.8 Å². The predicted molar refractivity (Wildman–Crippen MR) is 76.9 cm³/mol. The third-order valence-corrected chi connectivity index (χ3v) is 3.67. The highest BCUT2D eigenvalue weighted by Gasteiger charge is 2.17. The molecule has 0 bridgehead atoms. The van der Waals surface area contributed by atoms with E-state index in [-0.39, 0.29) is 5.91 Å². The predicted octanol–water partition coefficient (Wildman–Crippen LogP) is 2.84. The number of nitrogens with one attached hydrogen (secondary N) is 1. The van der Waals surface area contributed by atoms with Gasteiger partial charge in [0.25, 0.3) is 5.91 Å². The molecule has 1 aromatic rings. The molecule has 0 spiro atoms. The SMILES string of the molecule is O=C(NC(=S)N1CCCCC1)c1ccccc1Cl. The van der Waals surface area contributed by atoms with Gasteiger partial charge < -0.3 is 4.90 Å². The minimum absolute atomic E-state index is 0.240. The highest BCUT2D eigenvalue weighted by molar-refractivity contribution is 7.80. The summed E-state index contributed by atoms with van der Waals surface area (Å²) in [7, 11) is 0. The minimum atomic E-state index is -0.240. The van der Waals surface area contributed by atoms with Crippen molar-refractivity contribution in [3.8, 4) is 0 Å². The molecule has 1 N–H and O–H groups in total. The number of likely N-dealkylation sites (tertiary alicyclic amines) is 1. The van der Waals surface area contributed by atoms with Crippen molar-refractivity contribution in [2.24, 2.45) is 0 Å². The van der Waals surface area contributed by atoms with E-state index in [0.717, 1.165) is 25.9 Å². The topological polar surface area (TPSA) is 32.3 Å². The Morgan fingerprint density at radius 3 is 2.56 bits per heavy atom. The molecule has 0 atom stereocenters. The van der Waals surface area contributed by atoms with E-state index < -0.39 is 0 Å². The van der Waals surface area contributed by atoms with Gasteiger partial charge in [0.2, 0.25) is 0 Å². The Morgan fingerprint density at radius 2 is 1.89 bits per heavy atom. The summed E-state index contributed by atoms with van der Waals surface area (Å²) in [5.41, 5.74) is 0.457. The van der Waals surface area contributed by atoms with Crippen LogP contribution in [-0.4, -0.2) is 29.0 Å². The van der Waals surface area contributed by atoms with Crippen LogP contribution < -0.4 is 5.32 Å². The second kappa shape index (κ2) is 6.16. The number of amides is 1. The van der Waals surface area contributed by atoms with Crippen LogP contribution in [0.2, 0.25) is 5.02 Å². The van der Waals surface area contributed by atoms with Crippen LogP contribution in [0.3, 0.4) is 0 Å². The number of halogens is 1. The number of carbonyl (C=O) groups excluding carboxylic acids is 1. The summed E-state index contributed by atoms with van der Waals surface area (Å²) in [6.45, 7) is 1.84. The molecule has 1 aromatic carbocycles. The van der Waals surface area contributed by atoms with Crippen molar-refractivity contribution < 1.29 is 4.79 Å². The summed E-state index contributed by atoms with van der Waals surface area (Å²) in [5.74, 6) is -0.240. The number of piperidine rings is 1. The molecule has 2 rings (SSSR count). The van der Waals surface area contributed by atoms with Crippen molar-refractivity contribution in [2.75, 3.05) is 13.1 Å². The summed E-state index contributed by atoms with van der Waals surface area (Å²) in [5, 5.41) is 3.68. The summed E-state index contributed by atoms with van der Waals surface area (Å²) >= 11 is 11.2. The highest BCUT2D eigenvalue weighted by atomic mass is 35.5. The lowest BCUT2D eigenvalue weighted by Crippen LogP contribution is -2.45. The van der Waals surface area contributed by atoms with Crippen LogP contribution in [0, 0.1) is 0 Å². The molecule has 0 radical (unpaired) electrons. The first-order valence-corrected chi connectivity index (χ1v) is 6.82. The number of thiocarbonyl (C=S) groups is 1. The van der Waals surface area contributed by atoms with Gasteiger partial charge >= 0.3 is 0 Å². The number of rotatable bonds is 1. The lowest BCUT2D eigenvalue weighted by molar-refractivity contribution is 0.0972. The maximum absolute atomic E-state index is 12.0. The number of carbonyl (C=O) groups is 1. The van der Waals surface area contributed by atoms with E-state index in [1.165, 1.54) is 6.42 Å². The van der Waals surface area contributed by atoms with Gasteiger partial charge in [-0.15, -0.1) is 0 Å². The lowest BCUT2D eigenvalue weighted by Gasteiger charge is -2.28. The fourth-order valence-electron chi connectivity index (χ4n) is 1.99. The van der Waals surface area contributed by atoms with E-state index in [1.54, 1.807) is 24.3 Å². The zero-order chi connectivity index (χ0) is 13.0. The van der Waals surface area contributed by atoms with Crippen molar-refractivity contribution in [1.29, 1.82) is 0 Å². The van der Waals surface area contributed by atoms with Gasteiger partial charge in [-0.2, -0.15) is 0 Å². The Hall–Kier alpha value is -1.13. The van der Waals surface area contributed by atoms with Crippen LogP contribution in [0.5, 0.6) is 0 Å². The average molecular weight is 283 g/mol. The van der Waals surface area contributed by atoms with Crippen molar-refractivity contribution in [1.82, 2.24) is 10.2 Å². The lowest BCUT2D eigenvalue weighted by atomic mass is 10.1. The summed E-state index contributed by atoms with van der Waals surface area (Å²) in [6.07, 6.45) is 3.49. The highest BCUT2D eigenvalue weighted by Crippen LogP contribution is 2.15. The van der Waals surface area contributed by atoms with Crippen molar-refractivity contribution in [2.45, 2.75) is 19.3 Å². The van der Waals surface area contributed by atoms with Crippen LogP contribution in [0.25, 0.3) is 0 Å². The fourth-order valence-corrected chi connectivity index (χ4v) is 2.48. The van der Waals surface area contributed by atoms with E-state index in [4.69, 9.17) is 23.8 Å². The summed E-state index contributed by atoms with van der Waals surface area (Å²) in [4.78, 5) is 14.0. The van der Waals surface area contributed by atoms with Crippen LogP contribution in [-0.2, 0) is 0 Å². The molecule has 0 unspecified atom stereocenters. The molecule has 5 heteroatoms. The van der Waals surface area contributed by atoms with E-state index in [0.29, 0.717) is 15.7 Å². The molecule has 1 saturated heterocycles.